The zero-order chi connectivity index (χ0) is 19.5. The minimum absolute atomic E-state index is 0.0604. The fourth-order valence-corrected chi connectivity index (χ4v) is 3.41. The summed E-state index contributed by atoms with van der Waals surface area (Å²) in [6, 6.07) is 17.0. The maximum atomic E-state index is 12.9. The fraction of sp³-hybridized carbons (Fsp3) is 0.273. The zero-order valence-corrected chi connectivity index (χ0v) is 15.9. The van der Waals surface area contributed by atoms with Crippen LogP contribution in [0.4, 0.5) is 0 Å². The van der Waals surface area contributed by atoms with Gasteiger partial charge in [0.15, 0.2) is 0 Å². The number of hydrogen-bond acceptors (Lipinski definition) is 5. The van der Waals surface area contributed by atoms with Crippen LogP contribution in [0.3, 0.4) is 0 Å². The van der Waals surface area contributed by atoms with Crippen molar-refractivity contribution < 1.29 is 19.0 Å². The van der Waals surface area contributed by atoms with Crippen molar-refractivity contribution in [2.24, 2.45) is 0 Å². The smallest absolute Gasteiger partial charge is 0.254 e. The third-order valence-electron chi connectivity index (χ3n) is 4.89. The summed E-state index contributed by atoms with van der Waals surface area (Å²) in [6.45, 7) is 1.16. The molecule has 1 fully saturated rings. The van der Waals surface area contributed by atoms with Crippen LogP contribution in [-0.4, -0.2) is 49.2 Å². The molecule has 6 nitrogen and oxygen atoms in total. The van der Waals surface area contributed by atoms with Gasteiger partial charge in [0.25, 0.3) is 5.91 Å². The highest BCUT2D eigenvalue weighted by atomic mass is 16.5. The van der Waals surface area contributed by atoms with Gasteiger partial charge in [-0.05, 0) is 24.3 Å². The molecule has 2 aromatic carbocycles. The van der Waals surface area contributed by atoms with E-state index in [-0.39, 0.29) is 12.0 Å². The zero-order valence-electron chi connectivity index (χ0n) is 15.9. The van der Waals surface area contributed by atoms with Crippen molar-refractivity contribution in [3.05, 3.63) is 60.2 Å². The van der Waals surface area contributed by atoms with E-state index in [0.717, 1.165) is 17.3 Å². The first-order valence-corrected chi connectivity index (χ1v) is 9.21. The largest absolute Gasteiger partial charge is 0.497 e. The van der Waals surface area contributed by atoms with Crippen LogP contribution in [-0.2, 0) is 0 Å². The molecule has 144 valence electrons. The van der Waals surface area contributed by atoms with Gasteiger partial charge in [0.05, 0.1) is 26.3 Å². The number of carbonyl (C=O) groups is 1. The molecule has 4 rings (SSSR count). The van der Waals surface area contributed by atoms with Crippen LogP contribution in [0.2, 0.25) is 0 Å². The van der Waals surface area contributed by atoms with Crippen molar-refractivity contribution in [2.75, 3.05) is 27.3 Å². The number of rotatable bonds is 5. The highest BCUT2D eigenvalue weighted by Crippen LogP contribution is 2.26. The number of nitrogens with zero attached hydrogens (tertiary/aromatic N) is 2. The van der Waals surface area contributed by atoms with Gasteiger partial charge in [-0.2, -0.15) is 0 Å². The Hall–Kier alpha value is -3.28. The van der Waals surface area contributed by atoms with E-state index >= 15 is 0 Å². The molecule has 0 N–H and O–H groups in total. The molecular formula is C22H22N2O4. The van der Waals surface area contributed by atoms with E-state index in [1.165, 1.54) is 0 Å². The number of hydrogen-bond donors (Lipinski definition) is 0. The van der Waals surface area contributed by atoms with Crippen molar-refractivity contribution in [3.8, 4) is 17.4 Å². The fourth-order valence-electron chi connectivity index (χ4n) is 3.41. The lowest BCUT2D eigenvalue weighted by atomic mass is 10.1. The standard InChI is InChI=1S/C22H22N2O4/c1-26-18-11-16(12-19(13-18)27-2)22(25)24-10-9-17(14-24)28-21-8-7-15-5-3-4-6-20(15)23-21/h3-8,11-13,17H,9-10,14H2,1-2H3. The highest BCUT2D eigenvalue weighted by Gasteiger charge is 2.29. The molecule has 3 aromatic rings. The van der Waals surface area contributed by atoms with Crippen LogP contribution < -0.4 is 14.2 Å². The number of para-hydroxylation sites is 1. The molecule has 6 heteroatoms. The molecule has 2 heterocycles. The van der Waals surface area contributed by atoms with E-state index in [1.54, 1.807) is 37.3 Å². The lowest BCUT2D eigenvalue weighted by molar-refractivity contribution is 0.0770. The predicted molar refractivity (Wildman–Crippen MR) is 106 cm³/mol. The number of fused-ring (bicyclic) bond motifs is 1. The molecule has 1 unspecified atom stereocenters. The van der Waals surface area contributed by atoms with Gasteiger partial charge < -0.3 is 19.1 Å². The molecule has 28 heavy (non-hydrogen) atoms. The highest BCUT2D eigenvalue weighted by molar-refractivity contribution is 5.95. The Morgan fingerprint density at radius 3 is 2.54 bits per heavy atom. The number of amides is 1. The summed E-state index contributed by atoms with van der Waals surface area (Å²) in [4.78, 5) is 19.2. The van der Waals surface area contributed by atoms with Crippen molar-refractivity contribution in [1.29, 1.82) is 0 Å². The second-order valence-corrected chi connectivity index (χ2v) is 6.72. The van der Waals surface area contributed by atoms with Gasteiger partial charge in [0, 0.05) is 36.0 Å². The molecule has 1 aliphatic rings. The average Bonchev–Trinajstić information content (AvgIpc) is 3.21. The SMILES string of the molecule is COc1cc(OC)cc(C(=O)N2CCC(Oc3ccc4ccccc4n3)C2)c1. The normalized spacial score (nSPS) is 16.2. The third kappa shape index (κ3) is 3.71. The monoisotopic (exact) mass is 378 g/mol. The second-order valence-electron chi connectivity index (χ2n) is 6.72. The maximum absolute atomic E-state index is 12.9. The number of ether oxygens (including phenoxy) is 3. The van der Waals surface area contributed by atoms with Crippen LogP contribution in [0.15, 0.2) is 54.6 Å². The number of methoxy groups -OCH3 is 2. The van der Waals surface area contributed by atoms with Gasteiger partial charge >= 0.3 is 0 Å². The maximum Gasteiger partial charge on any atom is 0.254 e. The Balaban J connectivity index is 1.45. The van der Waals surface area contributed by atoms with Crippen LogP contribution in [0.5, 0.6) is 17.4 Å². The van der Waals surface area contributed by atoms with Crippen molar-refractivity contribution >= 4 is 16.8 Å². The van der Waals surface area contributed by atoms with Gasteiger partial charge in [-0.15, -0.1) is 0 Å². The first-order chi connectivity index (χ1) is 13.7. The average molecular weight is 378 g/mol. The minimum Gasteiger partial charge on any atom is -0.497 e. The molecule has 1 aromatic heterocycles. The summed E-state index contributed by atoms with van der Waals surface area (Å²) in [5.74, 6) is 1.71. The molecule has 0 bridgehead atoms. The van der Waals surface area contributed by atoms with Gasteiger partial charge in [0.2, 0.25) is 5.88 Å². The summed E-state index contributed by atoms with van der Waals surface area (Å²) in [6.07, 6.45) is 0.687. The molecule has 1 atom stereocenters. The van der Waals surface area contributed by atoms with Crippen LogP contribution in [0, 0.1) is 0 Å². The van der Waals surface area contributed by atoms with E-state index in [9.17, 15) is 4.79 Å². The summed E-state index contributed by atoms with van der Waals surface area (Å²) < 4.78 is 16.6. The Kier molecular flexibility index (Phi) is 5.02. The Labute approximate surface area is 163 Å². The molecule has 1 amide bonds. The number of aromatic nitrogens is 1. The van der Waals surface area contributed by atoms with E-state index in [4.69, 9.17) is 14.2 Å². The first kappa shape index (κ1) is 18.1. The van der Waals surface area contributed by atoms with Crippen molar-refractivity contribution in [1.82, 2.24) is 9.88 Å². The molecule has 1 aliphatic heterocycles. The van der Waals surface area contributed by atoms with Crippen LogP contribution >= 0.6 is 0 Å². The van der Waals surface area contributed by atoms with Crippen molar-refractivity contribution in [3.63, 3.8) is 0 Å². The summed E-state index contributed by atoms with van der Waals surface area (Å²) in [7, 11) is 3.14. The minimum atomic E-state index is -0.0786. The van der Waals surface area contributed by atoms with Crippen molar-refractivity contribution in [2.45, 2.75) is 12.5 Å². The summed E-state index contributed by atoms with van der Waals surface area (Å²) >= 11 is 0. The molecule has 0 radical (unpaired) electrons. The van der Waals surface area contributed by atoms with Gasteiger partial charge in [0.1, 0.15) is 17.6 Å². The predicted octanol–water partition coefficient (Wildman–Crippen LogP) is 3.55. The molecule has 1 saturated heterocycles. The Morgan fingerprint density at radius 1 is 1.04 bits per heavy atom. The number of likely N-dealkylation sites (tertiary alicyclic amines) is 1. The topological polar surface area (TPSA) is 60.9 Å². The number of carbonyl (C=O) groups excluding carboxylic acids is 1. The lowest BCUT2D eigenvalue weighted by Crippen LogP contribution is -2.31. The first-order valence-electron chi connectivity index (χ1n) is 9.21. The van der Waals surface area contributed by atoms with E-state index < -0.39 is 0 Å². The molecule has 0 saturated carbocycles. The van der Waals surface area contributed by atoms with E-state index in [2.05, 4.69) is 4.98 Å². The number of benzene rings is 2. The molecule has 0 spiro atoms. The second kappa shape index (κ2) is 7.76. The van der Waals surface area contributed by atoms with Crippen LogP contribution in [0.1, 0.15) is 16.8 Å². The Morgan fingerprint density at radius 2 is 1.79 bits per heavy atom. The van der Waals surface area contributed by atoms with E-state index in [0.29, 0.717) is 36.0 Å². The lowest BCUT2D eigenvalue weighted by Gasteiger charge is -2.18. The quantitative estimate of drug-likeness (QED) is 0.680. The number of pyridine rings is 1. The third-order valence-corrected chi connectivity index (χ3v) is 4.89. The summed E-state index contributed by atoms with van der Waals surface area (Å²) in [5.41, 5.74) is 1.44. The van der Waals surface area contributed by atoms with Gasteiger partial charge in [-0.3, -0.25) is 4.79 Å². The Bertz CT molecular complexity index is 982. The van der Waals surface area contributed by atoms with Crippen LogP contribution in [0.25, 0.3) is 10.9 Å². The molecular weight excluding hydrogens is 356 g/mol. The van der Waals surface area contributed by atoms with E-state index in [1.807, 2.05) is 36.4 Å². The summed E-state index contributed by atoms with van der Waals surface area (Å²) in [5, 5.41) is 1.07. The van der Waals surface area contributed by atoms with Gasteiger partial charge in [-0.1, -0.05) is 18.2 Å². The van der Waals surface area contributed by atoms with Gasteiger partial charge in [-0.25, -0.2) is 4.98 Å². The molecule has 0 aliphatic carbocycles.